The van der Waals surface area contributed by atoms with Crippen molar-refractivity contribution < 1.29 is 52.4 Å². The molecule has 0 aromatic carbocycles. The Bertz CT molecular complexity index is 254. The van der Waals surface area contributed by atoms with E-state index >= 15 is 0 Å². The van der Waals surface area contributed by atoms with Crippen molar-refractivity contribution in [2.24, 2.45) is 0 Å². The van der Waals surface area contributed by atoms with Crippen molar-refractivity contribution in [2.75, 3.05) is 0 Å². The van der Waals surface area contributed by atoms with Crippen LogP contribution >= 0.6 is 0 Å². The molecule has 0 radical (unpaired) electrons. The van der Waals surface area contributed by atoms with Crippen molar-refractivity contribution in [3.63, 3.8) is 0 Å². The maximum absolute atomic E-state index is 9.10. The molecule has 11 nitrogen and oxygen atoms in total. The maximum Gasteiger partial charge on any atom is 0.631 e. The van der Waals surface area contributed by atoms with Crippen LogP contribution in [0.3, 0.4) is 0 Å². The molecule has 0 saturated carbocycles. The number of hydrogen-bond donors (Lipinski definition) is 7. The molecule has 0 atom stereocenters. The minimum Gasteiger partial charge on any atom is -0.473 e. The lowest BCUT2D eigenvalue weighted by molar-refractivity contribution is -0.159. The largest absolute Gasteiger partial charge is 0.631 e. The Labute approximate surface area is 83.0 Å². The first-order chi connectivity index (χ1) is 6.37. The fourth-order valence-electron chi connectivity index (χ4n) is 0. The monoisotopic (exact) mass is 250 g/mol. The highest BCUT2D eigenvalue weighted by Crippen LogP contribution is 1.59. The third kappa shape index (κ3) is 194. The molecule has 0 aliphatic rings. The van der Waals surface area contributed by atoms with Crippen LogP contribution in [0.2, 0.25) is 0 Å². The molecule has 0 unspecified atom stereocenters. The quantitative estimate of drug-likeness (QED) is 0.127. The van der Waals surface area contributed by atoms with Crippen LogP contribution < -0.4 is 0 Å². The van der Waals surface area contributed by atoms with Crippen LogP contribution in [0.25, 0.3) is 0 Å². The van der Waals surface area contributed by atoms with Crippen molar-refractivity contribution in [3.8, 4) is 0 Å². The molecule has 90 valence electrons. The second-order valence-electron chi connectivity index (χ2n) is 1.40. The van der Waals surface area contributed by atoms with Gasteiger partial charge in [0, 0.05) is 0 Å². The maximum atomic E-state index is 9.10. The minimum atomic E-state index is -4.67. The molecule has 0 rings (SSSR count). The van der Waals surface area contributed by atoms with Gasteiger partial charge in [-0.05, 0) is 0 Å². The third-order valence-electron chi connectivity index (χ3n) is 0.183. The number of carbonyl (C=O) groups is 2. The molecule has 0 aliphatic carbocycles. The molecule has 0 heterocycles. The number of carboxylic acid groups (broad SMARTS) is 2. The Kier molecular flexibility index (Phi) is 12.0. The highest BCUT2D eigenvalue weighted by atomic mass is 32.3. The average molecular weight is 250 g/mol. The highest BCUT2D eigenvalue weighted by Gasteiger charge is 2.04. The molecule has 15 heavy (non-hydrogen) atoms. The van der Waals surface area contributed by atoms with Gasteiger partial charge in [0.25, 0.3) is 0 Å². The van der Waals surface area contributed by atoms with E-state index in [0.717, 1.165) is 0 Å². The third-order valence-corrected chi connectivity index (χ3v) is 0.183. The second-order valence-corrected chi connectivity index (χ2v) is 2.30. The van der Waals surface area contributed by atoms with E-state index in [-0.39, 0.29) is 0 Å². The molecule has 0 fully saturated rings. The Morgan fingerprint density at radius 2 is 0.933 bits per heavy atom. The van der Waals surface area contributed by atoms with Crippen LogP contribution in [0.5, 0.6) is 0 Å². The van der Waals surface area contributed by atoms with Crippen LogP contribution in [0, 0.1) is 0 Å². The van der Waals surface area contributed by atoms with E-state index in [0.29, 0.717) is 0 Å². The molecule has 7 N–H and O–H groups in total. The molecule has 0 aromatic rings. The van der Waals surface area contributed by atoms with Gasteiger partial charge >= 0.3 is 29.7 Å². The predicted molar refractivity (Wildman–Crippen MR) is 41.9 cm³/mol. The van der Waals surface area contributed by atoms with Crippen molar-refractivity contribution >= 4 is 29.7 Å². The average Bonchev–Trinajstić information content (AvgIpc) is 1.80. The zero-order valence-corrected chi connectivity index (χ0v) is 7.57. The number of hydrogen-bond acceptors (Lipinski definition) is 7. The first kappa shape index (κ1) is 19.3. The summed E-state index contributed by atoms with van der Waals surface area (Å²) in [6.07, 6.45) is 0. The topological polar surface area (TPSA) is 210 Å². The Morgan fingerprint density at radius 1 is 0.867 bits per heavy atom. The number of aliphatic carboxylic acids is 2. The molecule has 13 heteroatoms. The lowest BCUT2D eigenvalue weighted by Gasteiger charge is -1.72. The molecule has 0 saturated heterocycles. The zero-order valence-electron chi connectivity index (χ0n) is 6.75. The minimum absolute atomic E-state index is 1.82. The normalized spacial score (nSPS) is 8.60. The molecule has 0 amide bonds. The van der Waals surface area contributed by atoms with E-state index in [9.17, 15) is 0 Å². The van der Waals surface area contributed by atoms with E-state index in [1.165, 1.54) is 0 Å². The summed E-state index contributed by atoms with van der Waals surface area (Å²) in [5.74, 6) is -3.65. The van der Waals surface area contributed by atoms with Crippen molar-refractivity contribution in [1.29, 1.82) is 0 Å². The van der Waals surface area contributed by atoms with E-state index in [4.69, 9.17) is 52.4 Å². The summed E-state index contributed by atoms with van der Waals surface area (Å²) < 4.78 is 31.6. The van der Waals surface area contributed by atoms with Crippen LogP contribution in [0.15, 0.2) is 0 Å². The lowest BCUT2D eigenvalue weighted by atomic mass is 10.3. The summed E-state index contributed by atoms with van der Waals surface area (Å²) in [7, 11) is -6.83. The fourth-order valence-corrected chi connectivity index (χ4v) is 0. The van der Waals surface area contributed by atoms with Crippen LogP contribution in [0.1, 0.15) is 0 Å². The molecule has 0 spiro atoms. The van der Waals surface area contributed by atoms with Crippen molar-refractivity contribution in [2.45, 2.75) is 0 Å². The smallest absolute Gasteiger partial charge is 0.473 e. The van der Waals surface area contributed by atoms with Gasteiger partial charge in [-0.1, -0.05) is 0 Å². The van der Waals surface area contributed by atoms with Gasteiger partial charge in [0.05, 0.1) is 0 Å². The second kappa shape index (κ2) is 9.32. The predicted octanol–water partition coefficient (Wildman–Crippen LogP) is -3.55. The summed E-state index contributed by atoms with van der Waals surface area (Å²) >= 11 is 0. The number of rotatable bonds is 0. The molecular formula is C2H7BO11S. The summed E-state index contributed by atoms with van der Waals surface area (Å²) in [4.78, 5) is 18.2. The van der Waals surface area contributed by atoms with Crippen LogP contribution in [0.4, 0.5) is 0 Å². The molecule has 0 bridgehead atoms. The van der Waals surface area contributed by atoms with Gasteiger partial charge in [-0.3, -0.25) is 9.11 Å². The van der Waals surface area contributed by atoms with E-state index < -0.39 is 29.7 Å². The van der Waals surface area contributed by atoms with Gasteiger partial charge in [-0.2, -0.15) is 8.42 Å². The van der Waals surface area contributed by atoms with Gasteiger partial charge in [0.1, 0.15) is 0 Å². The SMILES string of the molecule is O=C(O)C(=O)O.O=S(=O)(O)O.OB(O)O. The van der Waals surface area contributed by atoms with Gasteiger partial charge < -0.3 is 25.3 Å². The summed E-state index contributed by atoms with van der Waals surface area (Å²) in [5, 5.41) is 36.3. The summed E-state index contributed by atoms with van der Waals surface area (Å²) in [5.41, 5.74) is 0. The van der Waals surface area contributed by atoms with Gasteiger partial charge in [0.2, 0.25) is 0 Å². The van der Waals surface area contributed by atoms with E-state index in [1.54, 1.807) is 0 Å². The van der Waals surface area contributed by atoms with E-state index in [1.807, 2.05) is 0 Å². The molecular weight excluding hydrogens is 243 g/mol. The van der Waals surface area contributed by atoms with Crippen molar-refractivity contribution in [1.82, 2.24) is 0 Å². The zero-order chi connectivity index (χ0) is 13.2. The molecule has 0 aliphatic heterocycles. The van der Waals surface area contributed by atoms with Gasteiger partial charge in [-0.15, -0.1) is 0 Å². The highest BCUT2D eigenvalue weighted by molar-refractivity contribution is 7.79. The number of carboxylic acids is 2. The first-order valence-corrected chi connectivity index (χ1v) is 3.98. The Hall–Kier alpha value is -1.25. The fraction of sp³-hybridized carbons (Fsp3) is 0. The standard InChI is InChI=1S/C2H2O4.BH3O3.H2O4S/c3-1(4)2(5)6;2-1(3)4;1-5(2,3)4/h(H,3,4)(H,5,6);2-4H;(H2,1,2,3,4). The van der Waals surface area contributed by atoms with Gasteiger partial charge in [-0.25, -0.2) is 9.59 Å². The van der Waals surface area contributed by atoms with Gasteiger partial charge in [0.15, 0.2) is 0 Å². The van der Waals surface area contributed by atoms with Crippen molar-refractivity contribution in [3.05, 3.63) is 0 Å². The Morgan fingerprint density at radius 3 is 0.933 bits per heavy atom. The van der Waals surface area contributed by atoms with E-state index in [2.05, 4.69) is 0 Å². The first-order valence-electron chi connectivity index (χ1n) is 2.58. The van der Waals surface area contributed by atoms with Crippen LogP contribution in [-0.2, 0) is 20.0 Å². The summed E-state index contributed by atoms with van der Waals surface area (Å²) in [6.45, 7) is 0. The Balaban J connectivity index is -0.000000147. The molecule has 0 aromatic heterocycles. The van der Waals surface area contributed by atoms with Crippen LogP contribution in [-0.4, -0.2) is 62.1 Å². The summed E-state index contributed by atoms with van der Waals surface area (Å²) in [6, 6.07) is 0. The lowest BCUT2D eigenvalue weighted by Crippen LogP contribution is -2.09.